The lowest BCUT2D eigenvalue weighted by atomic mass is 9.86. The van der Waals surface area contributed by atoms with Crippen LogP contribution in [0.3, 0.4) is 0 Å². The zero-order chi connectivity index (χ0) is 16.4. The van der Waals surface area contributed by atoms with Gasteiger partial charge in [0.05, 0.1) is 5.54 Å². The van der Waals surface area contributed by atoms with Gasteiger partial charge in [-0.25, -0.2) is 4.79 Å². The molecule has 2 heterocycles. The molecule has 2 amide bonds. The number of anilines is 1. The van der Waals surface area contributed by atoms with Crippen molar-refractivity contribution in [2.75, 3.05) is 24.5 Å². The predicted octanol–water partition coefficient (Wildman–Crippen LogP) is 3.25. The molecule has 2 aliphatic rings. The molecule has 2 aromatic carbocycles. The highest BCUT2D eigenvalue weighted by Crippen LogP contribution is 2.36. The van der Waals surface area contributed by atoms with Crippen LogP contribution in [0.2, 0.25) is 0 Å². The third kappa shape index (κ3) is 2.78. The van der Waals surface area contributed by atoms with E-state index in [1.807, 2.05) is 35.2 Å². The van der Waals surface area contributed by atoms with Gasteiger partial charge >= 0.3 is 6.03 Å². The van der Waals surface area contributed by atoms with E-state index >= 15 is 0 Å². The highest BCUT2D eigenvalue weighted by Gasteiger charge is 2.47. The van der Waals surface area contributed by atoms with Crippen molar-refractivity contribution in [3.8, 4) is 0 Å². The molecule has 0 aliphatic carbocycles. The van der Waals surface area contributed by atoms with E-state index in [0.29, 0.717) is 0 Å². The monoisotopic (exact) mass is 321 g/mol. The Bertz CT molecular complexity index is 693. The summed E-state index contributed by atoms with van der Waals surface area (Å²) in [6, 6.07) is 20.7. The molecule has 2 aliphatic heterocycles. The number of carbonyl (C=O) groups excluding carboxylic acids is 1. The van der Waals surface area contributed by atoms with Crippen LogP contribution in [-0.2, 0) is 6.54 Å². The van der Waals surface area contributed by atoms with E-state index < -0.39 is 0 Å². The second-order valence-electron chi connectivity index (χ2n) is 6.82. The Morgan fingerprint density at radius 1 is 0.917 bits per heavy atom. The number of nitrogens with zero attached hydrogens (tertiary/aromatic N) is 2. The van der Waals surface area contributed by atoms with Crippen molar-refractivity contribution in [3.63, 3.8) is 0 Å². The third-order valence-corrected chi connectivity index (χ3v) is 5.30. The van der Waals surface area contributed by atoms with Crippen molar-refractivity contribution < 1.29 is 4.79 Å². The molecule has 0 bridgehead atoms. The average Bonchev–Trinajstić information content (AvgIpc) is 2.95. The molecule has 2 fully saturated rings. The molecule has 0 unspecified atom stereocenters. The molecule has 24 heavy (non-hydrogen) atoms. The number of rotatable bonds is 3. The van der Waals surface area contributed by atoms with Crippen LogP contribution in [0, 0.1) is 0 Å². The number of para-hydroxylation sites is 1. The summed E-state index contributed by atoms with van der Waals surface area (Å²) >= 11 is 0. The molecular weight excluding hydrogens is 298 g/mol. The maximum absolute atomic E-state index is 12.4. The minimum absolute atomic E-state index is 0.0395. The van der Waals surface area contributed by atoms with Gasteiger partial charge in [0.2, 0.25) is 0 Å². The van der Waals surface area contributed by atoms with E-state index in [1.165, 1.54) is 5.56 Å². The van der Waals surface area contributed by atoms with Crippen molar-refractivity contribution >= 4 is 11.7 Å². The molecule has 2 saturated heterocycles. The number of amides is 2. The Balaban J connectivity index is 1.48. The largest absolute Gasteiger partial charge is 0.335 e. The number of likely N-dealkylation sites (tertiary alicyclic amines) is 1. The summed E-state index contributed by atoms with van der Waals surface area (Å²) in [5, 5.41) is 3.06. The SMILES string of the molecule is O=C1NCC2(CCN(Cc3ccccc3)CC2)N1c1ccccc1. The van der Waals surface area contributed by atoms with Crippen molar-refractivity contribution in [1.29, 1.82) is 0 Å². The van der Waals surface area contributed by atoms with Crippen LogP contribution in [0.15, 0.2) is 60.7 Å². The zero-order valence-electron chi connectivity index (χ0n) is 13.8. The summed E-state index contributed by atoms with van der Waals surface area (Å²) in [4.78, 5) is 16.9. The van der Waals surface area contributed by atoms with Crippen LogP contribution in [-0.4, -0.2) is 36.1 Å². The van der Waals surface area contributed by atoms with Gasteiger partial charge in [-0.2, -0.15) is 0 Å². The Morgan fingerprint density at radius 3 is 2.21 bits per heavy atom. The maximum atomic E-state index is 12.4. The first-order chi connectivity index (χ1) is 11.8. The van der Waals surface area contributed by atoms with Gasteiger partial charge < -0.3 is 5.32 Å². The van der Waals surface area contributed by atoms with Gasteiger partial charge in [0.25, 0.3) is 0 Å². The highest BCUT2D eigenvalue weighted by atomic mass is 16.2. The maximum Gasteiger partial charge on any atom is 0.322 e. The van der Waals surface area contributed by atoms with Crippen LogP contribution in [0.4, 0.5) is 10.5 Å². The smallest absolute Gasteiger partial charge is 0.322 e. The summed E-state index contributed by atoms with van der Waals surface area (Å²) < 4.78 is 0. The van der Waals surface area contributed by atoms with E-state index in [2.05, 4.69) is 40.5 Å². The zero-order valence-corrected chi connectivity index (χ0v) is 13.8. The molecular formula is C20H23N3O. The van der Waals surface area contributed by atoms with Gasteiger partial charge in [-0.3, -0.25) is 9.80 Å². The summed E-state index contributed by atoms with van der Waals surface area (Å²) in [7, 11) is 0. The Kier molecular flexibility index (Phi) is 3.98. The van der Waals surface area contributed by atoms with Gasteiger partial charge in [-0.05, 0) is 30.5 Å². The van der Waals surface area contributed by atoms with Crippen molar-refractivity contribution in [3.05, 3.63) is 66.2 Å². The lowest BCUT2D eigenvalue weighted by Gasteiger charge is -2.43. The van der Waals surface area contributed by atoms with Crippen molar-refractivity contribution in [2.24, 2.45) is 0 Å². The first-order valence-electron chi connectivity index (χ1n) is 8.66. The van der Waals surface area contributed by atoms with E-state index in [4.69, 9.17) is 0 Å². The van der Waals surface area contributed by atoms with E-state index in [0.717, 1.165) is 44.7 Å². The molecule has 0 radical (unpaired) electrons. The number of hydrogen-bond donors (Lipinski definition) is 1. The minimum Gasteiger partial charge on any atom is -0.335 e. The summed E-state index contributed by atoms with van der Waals surface area (Å²) in [5.74, 6) is 0. The number of urea groups is 1. The number of carbonyl (C=O) groups is 1. The van der Waals surface area contributed by atoms with Gasteiger partial charge in [0.15, 0.2) is 0 Å². The molecule has 0 aromatic heterocycles. The fourth-order valence-corrected chi connectivity index (χ4v) is 3.95. The van der Waals surface area contributed by atoms with E-state index in [9.17, 15) is 4.79 Å². The molecule has 2 aromatic rings. The Morgan fingerprint density at radius 2 is 1.54 bits per heavy atom. The number of piperidine rings is 1. The molecule has 4 rings (SSSR count). The first-order valence-corrected chi connectivity index (χ1v) is 8.66. The molecule has 0 atom stereocenters. The molecule has 4 heteroatoms. The Hall–Kier alpha value is -2.33. The van der Waals surface area contributed by atoms with E-state index in [1.54, 1.807) is 0 Å². The van der Waals surface area contributed by atoms with Crippen LogP contribution >= 0.6 is 0 Å². The van der Waals surface area contributed by atoms with Gasteiger partial charge in [-0.15, -0.1) is 0 Å². The minimum atomic E-state index is -0.0778. The summed E-state index contributed by atoms with van der Waals surface area (Å²) in [6.07, 6.45) is 2.01. The molecule has 1 N–H and O–H groups in total. The second-order valence-corrected chi connectivity index (χ2v) is 6.82. The second kappa shape index (κ2) is 6.29. The standard InChI is InChI=1S/C20H23N3O/c24-19-21-16-20(23(19)18-9-5-2-6-10-18)11-13-22(14-12-20)15-17-7-3-1-4-8-17/h1-10H,11-16H2,(H,21,24). The van der Waals surface area contributed by atoms with E-state index in [-0.39, 0.29) is 11.6 Å². The van der Waals surface area contributed by atoms with Crippen molar-refractivity contribution in [2.45, 2.75) is 24.9 Å². The molecule has 1 spiro atoms. The predicted molar refractivity (Wildman–Crippen MR) is 96.0 cm³/mol. The molecule has 124 valence electrons. The molecule has 0 saturated carbocycles. The third-order valence-electron chi connectivity index (χ3n) is 5.30. The van der Waals surface area contributed by atoms with Crippen LogP contribution in [0.5, 0.6) is 0 Å². The fourth-order valence-electron chi connectivity index (χ4n) is 3.95. The Labute approximate surface area is 143 Å². The summed E-state index contributed by atoms with van der Waals surface area (Å²) in [6.45, 7) is 3.78. The number of nitrogens with one attached hydrogen (secondary N) is 1. The van der Waals surface area contributed by atoms with Crippen LogP contribution < -0.4 is 10.2 Å². The number of hydrogen-bond acceptors (Lipinski definition) is 2. The van der Waals surface area contributed by atoms with Crippen LogP contribution in [0.25, 0.3) is 0 Å². The quantitative estimate of drug-likeness (QED) is 0.942. The average molecular weight is 321 g/mol. The fraction of sp³-hybridized carbons (Fsp3) is 0.350. The van der Waals surface area contributed by atoms with Gasteiger partial charge in [0, 0.05) is 31.9 Å². The normalized spacial score (nSPS) is 20.3. The highest BCUT2D eigenvalue weighted by molar-refractivity contribution is 5.96. The first kappa shape index (κ1) is 15.2. The summed E-state index contributed by atoms with van der Waals surface area (Å²) in [5.41, 5.74) is 2.28. The van der Waals surface area contributed by atoms with Gasteiger partial charge in [-0.1, -0.05) is 48.5 Å². The number of benzene rings is 2. The lowest BCUT2D eigenvalue weighted by Crippen LogP contribution is -2.54. The topological polar surface area (TPSA) is 35.6 Å². The van der Waals surface area contributed by atoms with Crippen molar-refractivity contribution in [1.82, 2.24) is 10.2 Å². The van der Waals surface area contributed by atoms with Gasteiger partial charge in [0.1, 0.15) is 0 Å². The van der Waals surface area contributed by atoms with Crippen LogP contribution in [0.1, 0.15) is 18.4 Å². The lowest BCUT2D eigenvalue weighted by molar-refractivity contribution is 0.163. The molecule has 4 nitrogen and oxygen atoms in total.